The molecule has 3 aromatic rings. The third kappa shape index (κ3) is 3.16. The van der Waals surface area contributed by atoms with E-state index in [0.717, 1.165) is 22.1 Å². The third-order valence-electron chi connectivity index (χ3n) is 3.99. The summed E-state index contributed by atoms with van der Waals surface area (Å²) in [6.07, 6.45) is 0. The Morgan fingerprint density at radius 3 is 2.43 bits per heavy atom. The third-order valence-corrected chi connectivity index (χ3v) is 5.53. The number of hydrogen-bond acceptors (Lipinski definition) is 3. The molecule has 0 aliphatic carbocycles. The number of fused-ring (bicyclic) bond motifs is 1. The predicted molar refractivity (Wildman–Crippen MR) is 90.9 cm³/mol. The summed E-state index contributed by atoms with van der Waals surface area (Å²) in [5, 5.41) is 0.958. The summed E-state index contributed by atoms with van der Waals surface area (Å²) < 4.78 is 33.5. The van der Waals surface area contributed by atoms with E-state index in [1.54, 1.807) is 19.1 Å². The zero-order chi connectivity index (χ0) is 16.6. The van der Waals surface area contributed by atoms with Crippen LogP contribution in [-0.4, -0.2) is 8.42 Å². The molecule has 0 saturated carbocycles. The first kappa shape index (κ1) is 15.8. The van der Waals surface area contributed by atoms with Crippen LogP contribution in [0.3, 0.4) is 0 Å². The van der Waals surface area contributed by atoms with Gasteiger partial charge in [0.2, 0.25) is 10.0 Å². The second-order valence-electron chi connectivity index (χ2n) is 5.78. The van der Waals surface area contributed by atoms with Gasteiger partial charge in [-0.3, -0.25) is 0 Å². The van der Waals surface area contributed by atoms with Gasteiger partial charge in [0.15, 0.2) is 0 Å². The maximum absolute atomic E-state index is 12.5. The van der Waals surface area contributed by atoms with Crippen molar-refractivity contribution in [1.29, 1.82) is 0 Å². The lowest BCUT2D eigenvalue weighted by molar-refractivity contribution is 0.484. The second kappa shape index (κ2) is 5.83. The van der Waals surface area contributed by atoms with Crippen LogP contribution in [0, 0.1) is 13.8 Å². The van der Waals surface area contributed by atoms with Crippen LogP contribution in [0.1, 0.15) is 29.9 Å². The van der Waals surface area contributed by atoms with Crippen molar-refractivity contribution in [3.63, 3.8) is 0 Å². The molecule has 0 saturated heterocycles. The Labute approximate surface area is 136 Å². The van der Waals surface area contributed by atoms with Crippen molar-refractivity contribution in [2.45, 2.75) is 31.7 Å². The van der Waals surface area contributed by atoms with Gasteiger partial charge in [-0.2, -0.15) is 0 Å². The van der Waals surface area contributed by atoms with Crippen molar-refractivity contribution in [2.75, 3.05) is 0 Å². The van der Waals surface area contributed by atoms with Gasteiger partial charge in [0.25, 0.3) is 0 Å². The molecular formula is C18H19NO3S. The number of nitrogens with one attached hydrogen (secondary N) is 1. The number of hydrogen-bond donors (Lipinski definition) is 1. The number of sulfonamides is 1. The summed E-state index contributed by atoms with van der Waals surface area (Å²) in [7, 11) is -3.59. The molecule has 23 heavy (non-hydrogen) atoms. The Balaban J connectivity index is 1.88. The molecule has 120 valence electrons. The van der Waals surface area contributed by atoms with Gasteiger partial charge in [-0.05, 0) is 56.2 Å². The monoisotopic (exact) mass is 329 g/mol. The van der Waals surface area contributed by atoms with E-state index in [4.69, 9.17) is 4.42 Å². The highest BCUT2D eigenvalue weighted by Crippen LogP contribution is 2.25. The fourth-order valence-corrected chi connectivity index (χ4v) is 3.75. The number of benzene rings is 2. The van der Waals surface area contributed by atoms with Gasteiger partial charge in [0.05, 0.1) is 10.9 Å². The molecule has 0 unspecified atom stereocenters. The molecule has 0 aliphatic rings. The smallest absolute Gasteiger partial charge is 0.241 e. The normalized spacial score (nSPS) is 13.3. The molecule has 0 radical (unpaired) electrons. The number of furan rings is 1. The molecule has 5 heteroatoms. The summed E-state index contributed by atoms with van der Waals surface area (Å²) in [5.41, 5.74) is 2.76. The van der Waals surface area contributed by atoms with E-state index in [0.29, 0.717) is 5.76 Å². The average Bonchev–Trinajstić information content (AvgIpc) is 2.93. The minimum atomic E-state index is -3.59. The highest BCUT2D eigenvalue weighted by atomic mass is 32.2. The molecule has 4 nitrogen and oxygen atoms in total. The van der Waals surface area contributed by atoms with E-state index in [1.807, 2.05) is 50.2 Å². The summed E-state index contributed by atoms with van der Waals surface area (Å²) >= 11 is 0. The van der Waals surface area contributed by atoms with Crippen LogP contribution in [0.2, 0.25) is 0 Å². The molecule has 1 N–H and O–H groups in total. The van der Waals surface area contributed by atoms with E-state index in [2.05, 4.69) is 4.72 Å². The molecule has 0 aliphatic heterocycles. The lowest BCUT2D eigenvalue weighted by Gasteiger charge is -2.13. The first-order chi connectivity index (χ1) is 10.9. The van der Waals surface area contributed by atoms with Crippen molar-refractivity contribution in [3.05, 3.63) is 65.4 Å². The highest BCUT2D eigenvalue weighted by Gasteiger charge is 2.21. The van der Waals surface area contributed by atoms with Gasteiger partial charge in [0.1, 0.15) is 11.3 Å². The molecule has 0 bridgehead atoms. The number of para-hydroxylation sites is 1. The van der Waals surface area contributed by atoms with Crippen LogP contribution in [0.4, 0.5) is 0 Å². The van der Waals surface area contributed by atoms with Gasteiger partial charge < -0.3 is 4.42 Å². The standard InChI is InChI=1S/C18H19NO3S/c1-12-8-9-16(10-13(12)2)23(20,21)19-14(3)18-11-15-6-4-5-7-17(15)22-18/h4-11,14,19H,1-3H3/t14-/m1/s1. The minimum absolute atomic E-state index is 0.267. The topological polar surface area (TPSA) is 59.3 Å². The molecule has 1 aromatic heterocycles. The van der Waals surface area contributed by atoms with Gasteiger partial charge in [0, 0.05) is 5.39 Å². The summed E-state index contributed by atoms with van der Waals surface area (Å²) in [6, 6.07) is 14.1. The summed E-state index contributed by atoms with van der Waals surface area (Å²) in [5.74, 6) is 0.596. The average molecular weight is 329 g/mol. The van der Waals surface area contributed by atoms with Crippen LogP contribution < -0.4 is 4.72 Å². The second-order valence-corrected chi connectivity index (χ2v) is 7.49. The van der Waals surface area contributed by atoms with E-state index >= 15 is 0 Å². The first-order valence-corrected chi connectivity index (χ1v) is 8.93. The SMILES string of the molecule is Cc1ccc(S(=O)(=O)N[C@H](C)c2cc3ccccc3o2)cc1C. The van der Waals surface area contributed by atoms with Crippen LogP contribution in [-0.2, 0) is 10.0 Å². The number of rotatable bonds is 4. The molecular weight excluding hydrogens is 310 g/mol. The van der Waals surface area contributed by atoms with E-state index in [-0.39, 0.29) is 4.90 Å². The highest BCUT2D eigenvalue weighted by molar-refractivity contribution is 7.89. The first-order valence-electron chi connectivity index (χ1n) is 7.45. The zero-order valence-electron chi connectivity index (χ0n) is 13.3. The molecule has 0 amide bonds. The van der Waals surface area contributed by atoms with Crippen molar-refractivity contribution >= 4 is 21.0 Å². The largest absolute Gasteiger partial charge is 0.459 e. The van der Waals surface area contributed by atoms with Gasteiger partial charge >= 0.3 is 0 Å². The quantitative estimate of drug-likeness (QED) is 0.784. The fourth-order valence-electron chi connectivity index (χ4n) is 2.46. The minimum Gasteiger partial charge on any atom is -0.459 e. The Morgan fingerprint density at radius 2 is 1.74 bits per heavy atom. The molecule has 1 atom stereocenters. The van der Waals surface area contributed by atoms with Crippen molar-refractivity contribution < 1.29 is 12.8 Å². The number of aryl methyl sites for hydroxylation is 2. The Hall–Kier alpha value is -2.11. The van der Waals surface area contributed by atoms with Crippen LogP contribution in [0.15, 0.2) is 57.8 Å². The van der Waals surface area contributed by atoms with E-state index < -0.39 is 16.1 Å². The lowest BCUT2D eigenvalue weighted by atomic mass is 10.1. The molecule has 3 rings (SSSR count). The Kier molecular flexibility index (Phi) is 4.00. The Morgan fingerprint density at radius 1 is 1.00 bits per heavy atom. The summed E-state index contributed by atoms with van der Waals surface area (Å²) in [4.78, 5) is 0.267. The van der Waals surface area contributed by atoms with Crippen LogP contribution in [0.25, 0.3) is 11.0 Å². The van der Waals surface area contributed by atoms with Crippen molar-refractivity contribution in [1.82, 2.24) is 4.72 Å². The maximum atomic E-state index is 12.5. The van der Waals surface area contributed by atoms with Crippen LogP contribution >= 0.6 is 0 Å². The zero-order valence-corrected chi connectivity index (χ0v) is 14.1. The van der Waals surface area contributed by atoms with Crippen molar-refractivity contribution in [3.8, 4) is 0 Å². The van der Waals surface area contributed by atoms with Gasteiger partial charge in [-0.25, -0.2) is 13.1 Å². The molecule has 0 fully saturated rings. The molecule has 0 spiro atoms. The summed E-state index contributed by atoms with van der Waals surface area (Å²) in [6.45, 7) is 5.63. The van der Waals surface area contributed by atoms with E-state index in [1.165, 1.54) is 0 Å². The fraction of sp³-hybridized carbons (Fsp3) is 0.222. The van der Waals surface area contributed by atoms with Crippen molar-refractivity contribution in [2.24, 2.45) is 0 Å². The van der Waals surface area contributed by atoms with Crippen LogP contribution in [0.5, 0.6) is 0 Å². The predicted octanol–water partition coefficient (Wildman–Crippen LogP) is 4.09. The lowest BCUT2D eigenvalue weighted by Crippen LogP contribution is -2.26. The van der Waals surface area contributed by atoms with E-state index in [9.17, 15) is 8.42 Å². The van der Waals surface area contributed by atoms with Gasteiger partial charge in [-0.15, -0.1) is 0 Å². The Bertz CT molecular complexity index is 924. The maximum Gasteiger partial charge on any atom is 0.241 e. The molecule has 2 aromatic carbocycles. The molecule has 1 heterocycles. The van der Waals surface area contributed by atoms with Gasteiger partial charge in [-0.1, -0.05) is 24.3 Å².